The maximum Gasteiger partial charge on any atom is 0.122 e. The van der Waals surface area contributed by atoms with E-state index in [1.165, 1.54) is 17.2 Å². The minimum atomic E-state index is 0.0461. The van der Waals surface area contributed by atoms with Crippen molar-refractivity contribution < 1.29 is 10.2 Å². The summed E-state index contributed by atoms with van der Waals surface area (Å²) in [6.45, 7) is 5.02. The minimum absolute atomic E-state index is 0.0461. The van der Waals surface area contributed by atoms with Gasteiger partial charge < -0.3 is 10.2 Å². The third-order valence-corrected chi connectivity index (χ3v) is 4.02. The second-order valence-corrected chi connectivity index (χ2v) is 6.29. The first-order valence-electron chi connectivity index (χ1n) is 8.00. The molecule has 5 heteroatoms. The lowest BCUT2D eigenvalue weighted by Gasteiger charge is -2.06. The summed E-state index contributed by atoms with van der Waals surface area (Å²) in [4.78, 5) is 0. The molecule has 0 amide bonds. The van der Waals surface area contributed by atoms with Crippen molar-refractivity contribution >= 4 is 0 Å². The molecule has 0 bridgehead atoms. The van der Waals surface area contributed by atoms with E-state index < -0.39 is 0 Å². The first-order chi connectivity index (χ1) is 11.5. The Morgan fingerprint density at radius 2 is 1.79 bits per heavy atom. The van der Waals surface area contributed by atoms with Crippen molar-refractivity contribution in [3.63, 3.8) is 0 Å². The normalized spacial score (nSPS) is 11.1. The van der Waals surface area contributed by atoms with E-state index in [2.05, 4.69) is 48.4 Å². The van der Waals surface area contributed by atoms with E-state index in [-0.39, 0.29) is 11.5 Å². The molecule has 5 nitrogen and oxygen atoms in total. The van der Waals surface area contributed by atoms with Crippen molar-refractivity contribution in [2.24, 2.45) is 0 Å². The van der Waals surface area contributed by atoms with Gasteiger partial charge in [-0.05, 0) is 23.1 Å². The molecule has 0 aliphatic heterocycles. The third kappa shape index (κ3) is 3.74. The van der Waals surface area contributed by atoms with Crippen molar-refractivity contribution in [2.75, 3.05) is 0 Å². The van der Waals surface area contributed by atoms with Crippen LogP contribution in [-0.2, 0) is 13.0 Å². The molecule has 24 heavy (non-hydrogen) atoms. The summed E-state index contributed by atoms with van der Waals surface area (Å²) in [5.41, 5.74) is 3.97. The van der Waals surface area contributed by atoms with E-state index in [4.69, 9.17) is 0 Å². The predicted molar refractivity (Wildman–Crippen MR) is 92.2 cm³/mol. The Morgan fingerprint density at radius 1 is 1.04 bits per heavy atom. The van der Waals surface area contributed by atoms with Gasteiger partial charge in [-0.1, -0.05) is 49.4 Å². The van der Waals surface area contributed by atoms with E-state index >= 15 is 0 Å². The SMILES string of the molecule is CC(C)c1ccc(Cn2cc(Cc3ccc(O)cc3O)nn2)cc1. The zero-order valence-corrected chi connectivity index (χ0v) is 13.8. The second kappa shape index (κ2) is 6.74. The molecule has 0 saturated carbocycles. The average Bonchev–Trinajstić information content (AvgIpc) is 2.98. The summed E-state index contributed by atoms with van der Waals surface area (Å²) in [5, 5.41) is 27.5. The molecule has 0 aliphatic carbocycles. The molecule has 0 aliphatic rings. The third-order valence-electron chi connectivity index (χ3n) is 4.02. The lowest BCUT2D eigenvalue weighted by molar-refractivity contribution is 0.446. The molecule has 1 heterocycles. The van der Waals surface area contributed by atoms with Gasteiger partial charge >= 0.3 is 0 Å². The molecule has 0 radical (unpaired) electrons. The number of aromatic nitrogens is 3. The number of phenols is 2. The minimum Gasteiger partial charge on any atom is -0.508 e. The average molecular weight is 323 g/mol. The van der Waals surface area contributed by atoms with Gasteiger partial charge in [-0.3, -0.25) is 0 Å². The predicted octanol–water partition coefficient (Wildman–Crippen LogP) is 3.45. The van der Waals surface area contributed by atoms with Gasteiger partial charge in [-0.25, -0.2) is 4.68 Å². The summed E-state index contributed by atoms with van der Waals surface area (Å²) >= 11 is 0. The smallest absolute Gasteiger partial charge is 0.122 e. The van der Waals surface area contributed by atoms with Crippen LogP contribution in [0.3, 0.4) is 0 Å². The molecule has 0 spiro atoms. The zero-order chi connectivity index (χ0) is 17.1. The second-order valence-electron chi connectivity index (χ2n) is 6.29. The van der Waals surface area contributed by atoms with E-state index in [9.17, 15) is 10.2 Å². The topological polar surface area (TPSA) is 71.2 Å². The van der Waals surface area contributed by atoms with Gasteiger partial charge in [-0.15, -0.1) is 5.10 Å². The van der Waals surface area contributed by atoms with Crippen LogP contribution in [0.2, 0.25) is 0 Å². The fourth-order valence-electron chi connectivity index (χ4n) is 2.59. The molecule has 0 saturated heterocycles. The van der Waals surface area contributed by atoms with E-state index in [1.807, 2.05) is 6.20 Å². The van der Waals surface area contributed by atoms with Gasteiger partial charge in [-0.2, -0.15) is 0 Å². The number of benzene rings is 2. The highest BCUT2D eigenvalue weighted by atomic mass is 16.3. The molecule has 0 atom stereocenters. The van der Waals surface area contributed by atoms with E-state index in [1.54, 1.807) is 16.8 Å². The number of rotatable bonds is 5. The highest BCUT2D eigenvalue weighted by Gasteiger charge is 2.08. The Hall–Kier alpha value is -2.82. The zero-order valence-electron chi connectivity index (χ0n) is 13.8. The van der Waals surface area contributed by atoms with Gasteiger partial charge in [0, 0.05) is 24.2 Å². The quantitative estimate of drug-likeness (QED) is 0.754. The van der Waals surface area contributed by atoms with Crippen molar-refractivity contribution in [1.82, 2.24) is 15.0 Å². The molecule has 3 aromatic rings. The van der Waals surface area contributed by atoms with Crippen molar-refractivity contribution in [3.05, 3.63) is 71.0 Å². The summed E-state index contributed by atoms with van der Waals surface area (Å²) in [7, 11) is 0. The van der Waals surface area contributed by atoms with Crippen LogP contribution in [0.15, 0.2) is 48.7 Å². The standard InChI is InChI=1S/C19H21N3O2/c1-13(2)15-5-3-14(4-6-15)11-22-12-17(20-21-22)9-16-7-8-18(23)10-19(16)24/h3-8,10,12-13,23-24H,9,11H2,1-2H3. The molecule has 124 valence electrons. The van der Waals surface area contributed by atoms with Crippen molar-refractivity contribution in [2.45, 2.75) is 32.7 Å². The van der Waals surface area contributed by atoms with Crippen LogP contribution in [-0.4, -0.2) is 25.2 Å². The fraction of sp³-hybridized carbons (Fsp3) is 0.263. The number of hydrogen-bond donors (Lipinski definition) is 2. The van der Waals surface area contributed by atoms with Crippen molar-refractivity contribution in [1.29, 1.82) is 0 Å². The molecule has 1 aromatic heterocycles. The number of nitrogens with zero attached hydrogens (tertiary/aromatic N) is 3. The van der Waals surface area contributed by atoms with Gasteiger partial charge in [0.15, 0.2) is 0 Å². The lowest BCUT2D eigenvalue weighted by Crippen LogP contribution is -2.00. The summed E-state index contributed by atoms with van der Waals surface area (Å²) in [6, 6.07) is 13.1. The number of hydrogen-bond acceptors (Lipinski definition) is 4. The molecule has 0 unspecified atom stereocenters. The van der Waals surface area contributed by atoms with Crippen LogP contribution in [0.25, 0.3) is 0 Å². The van der Waals surface area contributed by atoms with Crippen LogP contribution in [0.4, 0.5) is 0 Å². The molecule has 0 fully saturated rings. The first-order valence-corrected chi connectivity index (χ1v) is 8.00. The van der Waals surface area contributed by atoms with Gasteiger partial charge in [0.05, 0.1) is 12.2 Å². The monoisotopic (exact) mass is 323 g/mol. The maximum absolute atomic E-state index is 9.85. The van der Waals surface area contributed by atoms with Crippen LogP contribution in [0.5, 0.6) is 11.5 Å². The number of phenolic OH excluding ortho intramolecular Hbond substituents is 2. The van der Waals surface area contributed by atoms with Crippen LogP contribution in [0.1, 0.15) is 42.1 Å². The van der Waals surface area contributed by atoms with Crippen LogP contribution < -0.4 is 0 Å². The fourth-order valence-corrected chi connectivity index (χ4v) is 2.59. The van der Waals surface area contributed by atoms with E-state index in [0.717, 1.165) is 5.69 Å². The molecule has 3 rings (SSSR count). The summed E-state index contributed by atoms with van der Waals surface area (Å²) in [6.07, 6.45) is 2.35. The summed E-state index contributed by atoms with van der Waals surface area (Å²) in [5.74, 6) is 0.633. The van der Waals surface area contributed by atoms with Crippen LogP contribution >= 0.6 is 0 Å². The Labute approximate surface area is 141 Å². The Balaban J connectivity index is 1.69. The highest BCUT2D eigenvalue weighted by Crippen LogP contribution is 2.24. The van der Waals surface area contributed by atoms with Gasteiger partial charge in [0.25, 0.3) is 0 Å². The lowest BCUT2D eigenvalue weighted by atomic mass is 10.0. The maximum atomic E-state index is 9.85. The highest BCUT2D eigenvalue weighted by molar-refractivity contribution is 5.40. The molecule has 2 aromatic carbocycles. The summed E-state index contributed by atoms with van der Waals surface area (Å²) < 4.78 is 1.79. The first kappa shape index (κ1) is 16.1. The Morgan fingerprint density at radius 3 is 2.46 bits per heavy atom. The Bertz CT molecular complexity index is 823. The molecule has 2 N–H and O–H groups in total. The number of aromatic hydroxyl groups is 2. The molecular weight excluding hydrogens is 302 g/mol. The van der Waals surface area contributed by atoms with Crippen molar-refractivity contribution in [3.8, 4) is 11.5 Å². The van der Waals surface area contributed by atoms with Gasteiger partial charge in [0.1, 0.15) is 11.5 Å². The van der Waals surface area contributed by atoms with Crippen LogP contribution in [0, 0.1) is 0 Å². The largest absolute Gasteiger partial charge is 0.508 e. The van der Waals surface area contributed by atoms with E-state index in [0.29, 0.717) is 24.4 Å². The Kier molecular flexibility index (Phi) is 4.51. The van der Waals surface area contributed by atoms with Gasteiger partial charge in [0.2, 0.25) is 0 Å². The molecular formula is C19H21N3O2.